The Kier molecular flexibility index (Phi) is 3.35. The first kappa shape index (κ1) is 13.3. The molecule has 0 unspecified atom stereocenters. The van der Waals surface area contributed by atoms with Crippen LogP contribution in [0.4, 0.5) is 11.6 Å². The first-order valence-electron chi connectivity index (χ1n) is 6.48. The Bertz CT molecular complexity index is 632. The van der Waals surface area contributed by atoms with Crippen LogP contribution >= 0.6 is 11.3 Å². The van der Waals surface area contributed by atoms with E-state index >= 15 is 0 Å². The zero-order valence-corrected chi connectivity index (χ0v) is 12.0. The van der Waals surface area contributed by atoms with E-state index in [4.69, 9.17) is 4.74 Å². The van der Waals surface area contributed by atoms with Crippen LogP contribution in [0.5, 0.6) is 0 Å². The molecule has 7 nitrogen and oxygen atoms in total. The molecule has 0 radical (unpaired) electrons. The number of nitrogens with zero attached hydrogens (tertiary/aromatic N) is 3. The number of rotatable bonds is 7. The van der Waals surface area contributed by atoms with Gasteiger partial charge in [-0.15, -0.1) is 0 Å². The molecule has 1 aliphatic carbocycles. The van der Waals surface area contributed by atoms with Crippen molar-refractivity contribution in [1.29, 1.82) is 0 Å². The fraction of sp³-hybridized carbons (Fsp3) is 0.583. The average molecular weight is 296 g/mol. The summed E-state index contributed by atoms with van der Waals surface area (Å²) in [6, 6.07) is 0. The third kappa shape index (κ3) is 2.36. The van der Waals surface area contributed by atoms with Crippen LogP contribution in [0.15, 0.2) is 11.6 Å². The Morgan fingerprint density at radius 1 is 1.65 bits per heavy atom. The highest BCUT2D eigenvalue weighted by atomic mass is 32.1. The summed E-state index contributed by atoms with van der Waals surface area (Å²) in [5, 5.41) is 16.1. The van der Waals surface area contributed by atoms with Crippen LogP contribution in [-0.2, 0) is 4.74 Å². The summed E-state index contributed by atoms with van der Waals surface area (Å²) in [4.78, 5) is 15.8. The number of imidazole rings is 1. The molecule has 0 saturated heterocycles. The van der Waals surface area contributed by atoms with Crippen molar-refractivity contribution < 1.29 is 9.66 Å². The maximum Gasteiger partial charge on any atom is 0.372 e. The van der Waals surface area contributed by atoms with Gasteiger partial charge < -0.3 is 20.2 Å². The van der Waals surface area contributed by atoms with Crippen molar-refractivity contribution >= 4 is 27.9 Å². The minimum absolute atomic E-state index is 0.0174. The van der Waals surface area contributed by atoms with Gasteiger partial charge in [-0.1, -0.05) is 11.3 Å². The van der Waals surface area contributed by atoms with Gasteiger partial charge >= 0.3 is 5.82 Å². The van der Waals surface area contributed by atoms with E-state index in [-0.39, 0.29) is 16.2 Å². The van der Waals surface area contributed by atoms with E-state index in [2.05, 4.69) is 10.3 Å². The number of ether oxygens (including phenoxy) is 1. The highest BCUT2D eigenvalue weighted by molar-refractivity contribution is 7.15. The standard InChI is InChI=1S/C12H16N4O3S/c1-19-6-4-12(2-3-12)8-13-9-10(16(17)18)15-5-7-20-11(15)14-9/h5,7,13H,2-4,6,8H2,1H3. The second-order valence-electron chi connectivity index (χ2n) is 5.19. The van der Waals surface area contributed by atoms with Crippen LogP contribution in [0.25, 0.3) is 4.96 Å². The van der Waals surface area contributed by atoms with Crippen molar-refractivity contribution in [2.24, 2.45) is 5.41 Å². The maximum absolute atomic E-state index is 11.2. The summed E-state index contributed by atoms with van der Waals surface area (Å²) < 4.78 is 6.63. The molecule has 2 aromatic heterocycles. The smallest absolute Gasteiger partial charge is 0.372 e. The lowest BCUT2D eigenvalue weighted by atomic mass is 10.0. The third-order valence-corrected chi connectivity index (χ3v) is 4.59. The molecule has 0 atom stereocenters. The fourth-order valence-corrected chi connectivity index (χ4v) is 3.06. The Balaban J connectivity index is 1.76. The topological polar surface area (TPSA) is 81.7 Å². The number of anilines is 1. The lowest BCUT2D eigenvalue weighted by molar-refractivity contribution is -0.389. The third-order valence-electron chi connectivity index (χ3n) is 3.83. The number of nitro groups is 1. The molecule has 1 aliphatic rings. The Hall–Kier alpha value is -1.67. The number of aromatic nitrogens is 2. The molecule has 1 N–H and O–H groups in total. The highest BCUT2D eigenvalue weighted by Gasteiger charge is 2.42. The van der Waals surface area contributed by atoms with Gasteiger partial charge in [0.25, 0.3) is 4.96 Å². The SMILES string of the molecule is COCCC1(CNc2nc3sccn3c2[N+](=O)[O-])CC1. The summed E-state index contributed by atoms with van der Waals surface area (Å²) in [5.41, 5.74) is 0.223. The zero-order valence-electron chi connectivity index (χ0n) is 11.2. The molecule has 20 heavy (non-hydrogen) atoms. The van der Waals surface area contributed by atoms with E-state index in [1.165, 1.54) is 15.7 Å². The number of hydrogen-bond donors (Lipinski definition) is 1. The molecule has 0 aromatic carbocycles. The summed E-state index contributed by atoms with van der Waals surface area (Å²) in [6.07, 6.45) is 4.93. The minimum atomic E-state index is -0.385. The molecule has 8 heteroatoms. The van der Waals surface area contributed by atoms with Crippen LogP contribution in [0.2, 0.25) is 0 Å². The van der Waals surface area contributed by atoms with Gasteiger partial charge in [-0.25, -0.2) is 0 Å². The highest BCUT2D eigenvalue weighted by Crippen LogP contribution is 2.49. The summed E-state index contributed by atoms with van der Waals surface area (Å²) in [7, 11) is 1.69. The van der Waals surface area contributed by atoms with Crippen LogP contribution in [0.1, 0.15) is 19.3 Å². The molecule has 3 rings (SSSR count). The van der Waals surface area contributed by atoms with Gasteiger partial charge in [-0.2, -0.15) is 9.38 Å². The quantitative estimate of drug-likeness (QED) is 0.627. The van der Waals surface area contributed by atoms with Crippen LogP contribution in [0.3, 0.4) is 0 Å². The van der Waals surface area contributed by atoms with Gasteiger partial charge in [0.05, 0.1) is 0 Å². The van der Waals surface area contributed by atoms with Crippen molar-refractivity contribution in [3.05, 3.63) is 21.7 Å². The van der Waals surface area contributed by atoms with Gasteiger partial charge in [0, 0.05) is 25.6 Å². The van der Waals surface area contributed by atoms with Crippen molar-refractivity contribution in [1.82, 2.24) is 9.38 Å². The fourth-order valence-electron chi connectivity index (χ4n) is 2.35. The van der Waals surface area contributed by atoms with E-state index < -0.39 is 0 Å². The number of thiazole rings is 1. The zero-order chi connectivity index (χ0) is 14.2. The number of nitrogens with one attached hydrogen (secondary N) is 1. The van der Waals surface area contributed by atoms with Gasteiger partial charge in [0.15, 0.2) is 0 Å². The predicted octanol–water partition coefficient (Wildman–Crippen LogP) is 2.53. The van der Waals surface area contributed by atoms with Crippen molar-refractivity contribution in [2.45, 2.75) is 19.3 Å². The molecule has 1 fully saturated rings. The van der Waals surface area contributed by atoms with Gasteiger partial charge in [0.1, 0.15) is 6.20 Å². The van der Waals surface area contributed by atoms with Crippen molar-refractivity contribution in [3.8, 4) is 0 Å². The lowest BCUT2D eigenvalue weighted by Crippen LogP contribution is -2.18. The molecule has 2 aromatic rings. The normalized spacial score (nSPS) is 16.4. The second kappa shape index (κ2) is 5.02. The number of hydrogen-bond acceptors (Lipinski definition) is 6. The molecule has 0 amide bonds. The second-order valence-corrected chi connectivity index (χ2v) is 6.07. The van der Waals surface area contributed by atoms with Crippen LogP contribution in [-0.4, -0.2) is 34.6 Å². The predicted molar refractivity (Wildman–Crippen MR) is 76.4 cm³/mol. The first-order valence-corrected chi connectivity index (χ1v) is 7.36. The minimum Gasteiger partial charge on any atom is -0.385 e. The Morgan fingerprint density at radius 3 is 3.10 bits per heavy atom. The molecule has 2 heterocycles. The molecule has 0 spiro atoms. The van der Waals surface area contributed by atoms with E-state index in [0.29, 0.717) is 17.3 Å². The first-order chi connectivity index (χ1) is 9.65. The number of fused-ring (bicyclic) bond motifs is 1. The molecule has 0 aliphatic heterocycles. The summed E-state index contributed by atoms with van der Waals surface area (Å²) in [6.45, 7) is 1.43. The lowest BCUT2D eigenvalue weighted by Gasteiger charge is -2.14. The number of methoxy groups -OCH3 is 1. The molecular weight excluding hydrogens is 280 g/mol. The maximum atomic E-state index is 11.2. The van der Waals surface area contributed by atoms with Crippen molar-refractivity contribution in [2.75, 3.05) is 25.6 Å². The summed E-state index contributed by atoms with van der Waals surface area (Å²) in [5.74, 6) is 0.384. The molecule has 0 bridgehead atoms. The van der Waals surface area contributed by atoms with Crippen molar-refractivity contribution in [3.63, 3.8) is 0 Å². The molecule has 1 saturated carbocycles. The van der Waals surface area contributed by atoms with E-state index in [0.717, 1.165) is 25.9 Å². The van der Waals surface area contributed by atoms with E-state index in [1.54, 1.807) is 18.7 Å². The van der Waals surface area contributed by atoms with E-state index in [1.807, 2.05) is 0 Å². The van der Waals surface area contributed by atoms with E-state index in [9.17, 15) is 10.1 Å². The van der Waals surface area contributed by atoms with Gasteiger partial charge in [-0.3, -0.25) is 0 Å². The Morgan fingerprint density at radius 2 is 2.45 bits per heavy atom. The van der Waals surface area contributed by atoms with Crippen LogP contribution in [0, 0.1) is 15.5 Å². The molecule has 108 valence electrons. The summed E-state index contributed by atoms with van der Waals surface area (Å²) >= 11 is 1.39. The van der Waals surface area contributed by atoms with Crippen LogP contribution < -0.4 is 5.32 Å². The largest absolute Gasteiger partial charge is 0.385 e. The van der Waals surface area contributed by atoms with Gasteiger partial charge in [-0.05, 0) is 29.6 Å². The molecular formula is C12H16N4O3S. The Labute approximate surface area is 119 Å². The monoisotopic (exact) mass is 296 g/mol. The average Bonchev–Trinajstić information content (AvgIpc) is 2.88. The van der Waals surface area contributed by atoms with Gasteiger partial charge in [0.2, 0.25) is 5.82 Å².